The minimum Gasteiger partial charge on any atom is -0.369 e. The van der Waals surface area contributed by atoms with Crippen LogP contribution in [-0.2, 0) is 0 Å². The minimum absolute atomic E-state index is 0.255. The van der Waals surface area contributed by atoms with E-state index in [4.69, 9.17) is 28.9 Å². The Balaban J connectivity index is 2.88. The average molecular weight is 203 g/mol. The van der Waals surface area contributed by atoms with Crippen molar-refractivity contribution in [2.24, 2.45) is 0 Å². The molecule has 2 aromatic rings. The topological polar surface area (TPSA) is 67.6 Å². The van der Waals surface area contributed by atoms with Crippen molar-refractivity contribution >= 4 is 40.2 Å². The third kappa shape index (κ3) is 1.09. The van der Waals surface area contributed by atoms with E-state index < -0.39 is 0 Å². The first-order valence-electron chi connectivity index (χ1n) is 3.14. The van der Waals surface area contributed by atoms with E-state index in [1.807, 2.05) is 0 Å². The molecule has 6 heteroatoms. The van der Waals surface area contributed by atoms with Gasteiger partial charge >= 0.3 is 0 Å². The van der Waals surface area contributed by atoms with Crippen molar-refractivity contribution in [1.29, 1.82) is 0 Å². The maximum Gasteiger partial charge on any atom is 0.198 e. The Labute approximate surface area is 77.7 Å². The Hall–Kier alpha value is -1.00. The molecule has 62 valence electrons. The van der Waals surface area contributed by atoms with Gasteiger partial charge in [-0.3, -0.25) is 0 Å². The lowest BCUT2D eigenvalue weighted by Gasteiger charge is -1.91. The van der Waals surface area contributed by atoms with Crippen molar-refractivity contribution in [3.63, 3.8) is 0 Å². The van der Waals surface area contributed by atoms with Crippen LogP contribution in [0.1, 0.15) is 0 Å². The normalized spacial score (nSPS) is 10.8. The first-order chi connectivity index (χ1) is 5.66. The van der Waals surface area contributed by atoms with E-state index in [0.29, 0.717) is 22.1 Å². The summed E-state index contributed by atoms with van der Waals surface area (Å²) in [5, 5.41) is 0.571. The fourth-order valence-corrected chi connectivity index (χ4v) is 1.44. The number of rotatable bonds is 0. The predicted molar refractivity (Wildman–Crippen MR) is 48.3 cm³/mol. The van der Waals surface area contributed by atoms with Crippen molar-refractivity contribution < 1.29 is 0 Å². The second kappa shape index (κ2) is 2.50. The molecule has 2 heterocycles. The van der Waals surface area contributed by atoms with E-state index in [-0.39, 0.29) is 5.15 Å². The Morgan fingerprint density at radius 3 is 2.83 bits per heavy atom. The number of anilines is 1. The van der Waals surface area contributed by atoms with Crippen molar-refractivity contribution in [2.75, 3.05) is 5.73 Å². The van der Waals surface area contributed by atoms with Gasteiger partial charge in [0.15, 0.2) is 11.1 Å². The zero-order chi connectivity index (χ0) is 8.72. The van der Waals surface area contributed by atoms with Crippen molar-refractivity contribution in [3.05, 3.63) is 16.4 Å². The standard InChI is InChI=1S/C6H4Cl2N4/c7-3-1-2-4(5(8)11-3)12-6(9)10-2/h1H,(H3,9,10,12). The number of fused-ring (bicyclic) bond motifs is 1. The largest absolute Gasteiger partial charge is 0.369 e. The summed E-state index contributed by atoms with van der Waals surface area (Å²) in [4.78, 5) is 10.5. The first-order valence-corrected chi connectivity index (χ1v) is 3.89. The molecule has 0 aromatic carbocycles. The van der Waals surface area contributed by atoms with Crippen LogP contribution in [0.4, 0.5) is 5.95 Å². The summed E-state index contributed by atoms with van der Waals surface area (Å²) in [6, 6.07) is 1.62. The second-order valence-electron chi connectivity index (χ2n) is 2.25. The van der Waals surface area contributed by atoms with Crippen molar-refractivity contribution in [2.45, 2.75) is 0 Å². The molecule has 0 spiro atoms. The number of aromatic amines is 1. The number of H-pyrrole nitrogens is 1. The van der Waals surface area contributed by atoms with Gasteiger partial charge in [-0.2, -0.15) is 0 Å². The number of imidazole rings is 1. The molecule has 0 aliphatic rings. The molecule has 2 aromatic heterocycles. The molecule has 0 amide bonds. The quantitative estimate of drug-likeness (QED) is 0.642. The van der Waals surface area contributed by atoms with E-state index in [1.54, 1.807) is 6.07 Å². The maximum absolute atomic E-state index is 5.74. The van der Waals surface area contributed by atoms with Gasteiger partial charge in [-0.05, 0) is 0 Å². The van der Waals surface area contributed by atoms with Gasteiger partial charge in [0, 0.05) is 6.07 Å². The highest BCUT2D eigenvalue weighted by molar-refractivity contribution is 6.36. The molecule has 0 aliphatic heterocycles. The van der Waals surface area contributed by atoms with Crippen LogP contribution in [-0.4, -0.2) is 15.0 Å². The van der Waals surface area contributed by atoms with E-state index >= 15 is 0 Å². The van der Waals surface area contributed by atoms with Gasteiger partial charge in [0.2, 0.25) is 0 Å². The van der Waals surface area contributed by atoms with Gasteiger partial charge in [-0.15, -0.1) is 0 Å². The predicted octanol–water partition coefficient (Wildman–Crippen LogP) is 1.85. The summed E-state index contributed by atoms with van der Waals surface area (Å²) < 4.78 is 0. The SMILES string of the molecule is Nc1nc2c(Cl)nc(Cl)cc2[nH]1. The Morgan fingerprint density at radius 1 is 1.33 bits per heavy atom. The molecule has 4 nitrogen and oxygen atoms in total. The summed E-state index contributed by atoms with van der Waals surface area (Å²) in [6.45, 7) is 0. The van der Waals surface area contributed by atoms with Crippen LogP contribution < -0.4 is 5.73 Å². The maximum atomic E-state index is 5.74. The van der Waals surface area contributed by atoms with Gasteiger partial charge in [-0.25, -0.2) is 9.97 Å². The number of hydrogen-bond donors (Lipinski definition) is 2. The van der Waals surface area contributed by atoms with Crippen LogP contribution in [0.2, 0.25) is 10.3 Å². The van der Waals surface area contributed by atoms with Crippen molar-refractivity contribution in [1.82, 2.24) is 15.0 Å². The fraction of sp³-hybridized carbons (Fsp3) is 0. The number of aromatic nitrogens is 3. The molecule has 0 atom stereocenters. The van der Waals surface area contributed by atoms with Gasteiger partial charge in [0.1, 0.15) is 10.7 Å². The number of halogens is 2. The molecule has 0 saturated heterocycles. The Morgan fingerprint density at radius 2 is 2.08 bits per heavy atom. The molecular weight excluding hydrogens is 199 g/mol. The number of nitrogens with zero attached hydrogens (tertiary/aromatic N) is 2. The van der Waals surface area contributed by atoms with Crippen LogP contribution in [0.3, 0.4) is 0 Å². The van der Waals surface area contributed by atoms with Crippen LogP contribution in [0.5, 0.6) is 0 Å². The van der Waals surface area contributed by atoms with Gasteiger partial charge in [-0.1, -0.05) is 23.2 Å². The van der Waals surface area contributed by atoms with Crippen LogP contribution in [0.25, 0.3) is 11.0 Å². The lowest BCUT2D eigenvalue weighted by atomic mass is 10.4. The van der Waals surface area contributed by atoms with E-state index in [0.717, 1.165) is 0 Å². The smallest absolute Gasteiger partial charge is 0.198 e. The highest BCUT2D eigenvalue weighted by Crippen LogP contribution is 2.22. The number of nitrogen functional groups attached to an aromatic ring is 1. The summed E-state index contributed by atoms with van der Waals surface area (Å²) in [6.07, 6.45) is 0. The number of nitrogens with two attached hydrogens (primary N) is 1. The van der Waals surface area contributed by atoms with E-state index in [2.05, 4.69) is 15.0 Å². The molecule has 0 fully saturated rings. The van der Waals surface area contributed by atoms with Gasteiger partial charge in [0.25, 0.3) is 0 Å². The van der Waals surface area contributed by atoms with Crippen LogP contribution in [0, 0.1) is 0 Å². The molecule has 0 unspecified atom stereocenters. The summed E-state index contributed by atoms with van der Waals surface area (Å²) in [5.74, 6) is 0.302. The van der Waals surface area contributed by atoms with Crippen molar-refractivity contribution in [3.8, 4) is 0 Å². The zero-order valence-corrected chi connectivity index (χ0v) is 7.32. The van der Waals surface area contributed by atoms with Gasteiger partial charge < -0.3 is 10.7 Å². The van der Waals surface area contributed by atoms with Crippen LogP contribution in [0.15, 0.2) is 6.07 Å². The molecule has 3 N–H and O–H groups in total. The van der Waals surface area contributed by atoms with E-state index in [1.165, 1.54) is 0 Å². The highest BCUT2D eigenvalue weighted by atomic mass is 35.5. The Kier molecular flexibility index (Phi) is 1.59. The summed E-state index contributed by atoms with van der Waals surface area (Å²) >= 11 is 11.4. The fourth-order valence-electron chi connectivity index (χ4n) is 0.966. The second-order valence-corrected chi connectivity index (χ2v) is 3.00. The van der Waals surface area contributed by atoms with E-state index in [9.17, 15) is 0 Å². The third-order valence-electron chi connectivity index (χ3n) is 1.41. The van der Waals surface area contributed by atoms with Crippen LogP contribution >= 0.6 is 23.2 Å². The summed E-state index contributed by atoms with van der Waals surface area (Å²) in [5.41, 5.74) is 6.65. The highest BCUT2D eigenvalue weighted by Gasteiger charge is 2.06. The molecule has 0 saturated carbocycles. The number of nitrogens with one attached hydrogen (secondary N) is 1. The molecular formula is C6H4Cl2N4. The van der Waals surface area contributed by atoms with Gasteiger partial charge in [0.05, 0.1) is 5.52 Å². The minimum atomic E-state index is 0.255. The molecule has 2 rings (SSSR count). The molecule has 0 bridgehead atoms. The average Bonchev–Trinajstić information content (AvgIpc) is 2.29. The third-order valence-corrected chi connectivity index (χ3v) is 1.87. The molecule has 12 heavy (non-hydrogen) atoms. The lowest BCUT2D eigenvalue weighted by Crippen LogP contribution is -1.84. The lowest BCUT2D eigenvalue weighted by molar-refractivity contribution is 1.33. The Bertz CT molecular complexity index is 436. The molecule has 0 aliphatic carbocycles. The summed E-state index contributed by atoms with van der Waals surface area (Å²) in [7, 11) is 0. The zero-order valence-electron chi connectivity index (χ0n) is 5.81. The number of hydrogen-bond acceptors (Lipinski definition) is 3. The monoisotopic (exact) mass is 202 g/mol. The first kappa shape index (κ1) is 7.64. The molecule has 0 radical (unpaired) electrons. The number of pyridine rings is 1.